The Morgan fingerprint density at radius 3 is 2.32 bits per heavy atom. The Bertz CT molecular complexity index is 1020. The lowest BCUT2D eigenvalue weighted by Gasteiger charge is -2.20. The zero-order valence-electron chi connectivity index (χ0n) is 22.9. The fourth-order valence-electron chi connectivity index (χ4n) is 3.25. The largest absolute Gasteiger partial charge is 0.456 e. The molecule has 2 unspecified atom stereocenters. The molecule has 0 saturated heterocycles. The van der Waals surface area contributed by atoms with Crippen molar-refractivity contribution >= 4 is 29.4 Å². The summed E-state index contributed by atoms with van der Waals surface area (Å²) in [4.78, 5) is 34.5. The second kappa shape index (κ2) is 19.7. The average molecular weight is 541 g/mol. The molecule has 0 fully saturated rings. The molecule has 7 heteroatoms. The number of rotatable bonds is 3. The molecular weight excluding hydrogens is 500 g/mol. The van der Waals surface area contributed by atoms with Crippen molar-refractivity contribution in [2.75, 3.05) is 6.54 Å². The van der Waals surface area contributed by atoms with Crippen molar-refractivity contribution in [2.24, 2.45) is 5.92 Å². The standard InChI is InChI=1S/C18H23NO3.C9H10ClNO.C4H8/c1-14-8-4-2-7-11-17(20)19-13-16(22-18(21)12-14)15-9-5-3-6-10-15;1-7(12)11-6-8-2-4-9(10)5-3-8;1-3-4-2/h2-6,9-10,14,16H,7-8,11-13H2,1H3,(H,19,20);2-5H,6H2,1H3,(H,11,12);3-4H,1-2H3/b4-2+;;4-3-. The Kier molecular flexibility index (Phi) is 16.9. The molecule has 2 N–H and O–H groups in total. The normalized spacial score (nSPS) is 19.0. The third-order valence-corrected chi connectivity index (χ3v) is 5.73. The van der Waals surface area contributed by atoms with Crippen LogP contribution >= 0.6 is 11.6 Å². The van der Waals surface area contributed by atoms with Crippen LogP contribution in [0.15, 0.2) is 78.9 Å². The maximum atomic E-state index is 12.1. The SMILES string of the molecule is C/C=C\C.CC(=O)NCc1ccc(Cl)cc1.CC1C/C=C/CCC(=O)NCC(c2ccccc2)OC(=O)C1. The van der Waals surface area contributed by atoms with Crippen LogP contribution in [0.5, 0.6) is 0 Å². The molecule has 0 radical (unpaired) electrons. The Hall–Kier alpha value is -3.38. The van der Waals surface area contributed by atoms with Crippen molar-refractivity contribution in [2.45, 2.75) is 66.0 Å². The molecule has 0 saturated carbocycles. The smallest absolute Gasteiger partial charge is 0.306 e. The Labute approximate surface area is 232 Å². The van der Waals surface area contributed by atoms with Gasteiger partial charge in [0.1, 0.15) is 6.10 Å². The predicted octanol–water partition coefficient (Wildman–Crippen LogP) is 6.71. The van der Waals surface area contributed by atoms with Gasteiger partial charge in [-0.05, 0) is 55.9 Å². The van der Waals surface area contributed by atoms with Crippen LogP contribution in [0, 0.1) is 5.92 Å². The fourth-order valence-corrected chi connectivity index (χ4v) is 3.38. The predicted molar refractivity (Wildman–Crippen MR) is 155 cm³/mol. The first kappa shape index (κ1) is 32.6. The van der Waals surface area contributed by atoms with Crippen LogP contribution < -0.4 is 10.6 Å². The van der Waals surface area contributed by atoms with Crippen molar-refractivity contribution in [3.63, 3.8) is 0 Å². The number of esters is 1. The number of carbonyl (C=O) groups excluding carboxylic acids is 3. The number of hydrogen-bond donors (Lipinski definition) is 2. The first-order chi connectivity index (χ1) is 18.2. The molecule has 2 amide bonds. The quantitative estimate of drug-likeness (QED) is 0.334. The molecule has 0 bridgehead atoms. The van der Waals surface area contributed by atoms with E-state index in [0.717, 1.165) is 24.0 Å². The summed E-state index contributed by atoms with van der Waals surface area (Å²) < 4.78 is 5.59. The topological polar surface area (TPSA) is 84.5 Å². The van der Waals surface area contributed by atoms with Crippen molar-refractivity contribution in [1.29, 1.82) is 0 Å². The van der Waals surface area contributed by atoms with Gasteiger partial charge in [-0.1, -0.05) is 85.3 Å². The summed E-state index contributed by atoms with van der Waals surface area (Å²) >= 11 is 5.69. The summed E-state index contributed by atoms with van der Waals surface area (Å²) in [6, 6.07) is 16.9. The van der Waals surface area contributed by atoms with Crippen molar-refractivity contribution in [1.82, 2.24) is 10.6 Å². The molecule has 0 aliphatic carbocycles. The molecule has 3 rings (SSSR count). The number of halogens is 1. The molecule has 0 spiro atoms. The number of ether oxygens (including phenoxy) is 1. The summed E-state index contributed by atoms with van der Waals surface area (Å²) in [6.07, 6.45) is 10.0. The van der Waals surface area contributed by atoms with Crippen LogP contribution in [-0.2, 0) is 25.7 Å². The fraction of sp³-hybridized carbons (Fsp3) is 0.387. The van der Waals surface area contributed by atoms with Gasteiger partial charge in [-0.15, -0.1) is 0 Å². The van der Waals surface area contributed by atoms with E-state index in [9.17, 15) is 14.4 Å². The van der Waals surface area contributed by atoms with E-state index in [1.54, 1.807) is 12.1 Å². The highest BCUT2D eigenvalue weighted by molar-refractivity contribution is 6.30. The van der Waals surface area contributed by atoms with Crippen molar-refractivity contribution in [3.8, 4) is 0 Å². The molecule has 1 aliphatic rings. The molecule has 2 aromatic rings. The van der Waals surface area contributed by atoms with Gasteiger partial charge in [-0.25, -0.2) is 0 Å². The van der Waals surface area contributed by atoms with Crippen LogP contribution in [0.3, 0.4) is 0 Å². The number of hydrogen-bond acceptors (Lipinski definition) is 4. The Balaban J connectivity index is 0.000000378. The van der Waals surface area contributed by atoms with E-state index in [2.05, 4.69) is 10.6 Å². The lowest BCUT2D eigenvalue weighted by atomic mass is 10.0. The van der Waals surface area contributed by atoms with Gasteiger partial charge < -0.3 is 15.4 Å². The minimum atomic E-state index is -0.432. The van der Waals surface area contributed by atoms with Gasteiger partial charge in [0.15, 0.2) is 0 Å². The molecule has 1 aliphatic heterocycles. The maximum Gasteiger partial charge on any atom is 0.306 e. The van der Waals surface area contributed by atoms with Crippen LogP contribution in [0.4, 0.5) is 0 Å². The average Bonchev–Trinajstić information content (AvgIpc) is 2.92. The van der Waals surface area contributed by atoms with E-state index < -0.39 is 6.10 Å². The first-order valence-electron chi connectivity index (χ1n) is 13.0. The molecule has 2 aromatic carbocycles. The Morgan fingerprint density at radius 2 is 1.71 bits per heavy atom. The van der Waals surface area contributed by atoms with E-state index in [1.807, 2.05) is 87.5 Å². The van der Waals surface area contributed by atoms with E-state index in [0.29, 0.717) is 31.0 Å². The lowest BCUT2D eigenvalue weighted by Crippen LogP contribution is -2.30. The highest BCUT2D eigenvalue weighted by Crippen LogP contribution is 2.20. The number of allylic oxidation sites excluding steroid dienone is 4. The minimum absolute atomic E-state index is 0.0195. The summed E-state index contributed by atoms with van der Waals surface area (Å²) in [5.41, 5.74) is 1.95. The number of benzene rings is 2. The van der Waals surface area contributed by atoms with Gasteiger partial charge in [0.05, 0.1) is 6.54 Å². The summed E-state index contributed by atoms with van der Waals surface area (Å²) in [7, 11) is 0. The number of cyclic esters (lactones) is 1. The number of carbonyl (C=O) groups is 3. The summed E-state index contributed by atoms with van der Waals surface area (Å²) in [5, 5.41) is 6.26. The molecule has 38 heavy (non-hydrogen) atoms. The third kappa shape index (κ3) is 15.7. The van der Waals surface area contributed by atoms with E-state index >= 15 is 0 Å². The van der Waals surface area contributed by atoms with Crippen LogP contribution in [0.2, 0.25) is 5.02 Å². The monoisotopic (exact) mass is 540 g/mol. The Morgan fingerprint density at radius 1 is 1.05 bits per heavy atom. The van der Waals surface area contributed by atoms with Gasteiger partial charge >= 0.3 is 5.97 Å². The van der Waals surface area contributed by atoms with Gasteiger partial charge in [-0.3, -0.25) is 14.4 Å². The van der Waals surface area contributed by atoms with Crippen LogP contribution in [0.25, 0.3) is 0 Å². The highest BCUT2D eigenvalue weighted by atomic mass is 35.5. The molecule has 0 aromatic heterocycles. The van der Waals surface area contributed by atoms with Gasteiger partial charge in [0.2, 0.25) is 11.8 Å². The zero-order valence-corrected chi connectivity index (χ0v) is 23.7. The molecule has 1 heterocycles. The first-order valence-corrected chi connectivity index (χ1v) is 13.3. The molecule has 2 atom stereocenters. The van der Waals surface area contributed by atoms with E-state index in [1.165, 1.54) is 6.92 Å². The van der Waals surface area contributed by atoms with Crippen molar-refractivity contribution in [3.05, 3.63) is 95.1 Å². The van der Waals surface area contributed by atoms with Gasteiger partial charge in [0, 0.05) is 31.3 Å². The second-order valence-electron chi connectivity index (χ2n) is 8.95. The third-order valence-electron chi connectivity index (χ3n) is 5.48. The molecule has 6 nitrogen and oxygen atoms in total. The van der Waals surface area contributed by atoms with E-state index in [-0.39, 0.29) is 23.7 Å². The maximum absolute atomic E-state index is 12.1. The van der Waals surface area contributed by atoms with Crippen LogP contribution in [0.1, 0.15) is 70.6 Å². The number of amides is 2. The highest BCUT2D eigenvalue weighted by Gasteiger charge is 2.19. The second-order valence-corrected chi connectivity index (χ2v) is 9.39. The minimum Gasteiger partial charge on any atom is -0.456 e. The summed E-state index contributed by atoms with van der Waals surface area (Å²) in [6.45, 7) is 8.40. The van der Waals surface area contributed by atoms with Gasteiger partial charge in [0.25, 0.3) is 0 Å². The zero-order chi connectivity index (χ0) is 28.2. The molecular formula is C31H41ClN2O4. The summed E-state index contributed by atoms with van der Waals surface area (Å²) in [5.74, 6) is -0.0216. The lowest BCUT2D eigenvalue weighted by molar-refractivity contribution is -0.150. The molecule has 206 valence electrons. The van der Waals surface area contributed by atoms with Crippen LogP contribution in [-0.4, -0.2) is 24.3 Å². The van der Waals surface area contributed by atoms with Gasteiger partial charge in [-0.2, -0.15) is 0 Å². The van der Waals surface area contributed by atoms with E-state index in [4.69, 9.17) is 16.3 Å². The van der Waals surface area contributed by atoms with Crippen molar-refractivity contribution < 1.29 is 19.1 Å². The number of nitrogens with one attached hydrogen (secondary N) is 2.